The zero-order valence-electron chi connectivity index (χ0n) is 9.30. The van der Waals surface area contributed by atoms with Crippen LogP contribution < -0.4 is 5.32 Å². The van der Waals surface area contributed by atoms with Crippen LogP contribution in [0.4, 0.5) is 0 Å². The van der Waals surface area contributed by atoms with Gasteiger partial charge in [-0.1, -0.05) is 6.92 Å². The van der Waals surface area contributed by atoms with E-state index in [9.17, 15) is 0 Å². The van der Waals surface area contributed by atoms with Gasteiger partial charge in [-0.2, -0.15) is 0 Å². The highest BCUT2D eigenvalue weighted by molar-refractivity contribution is 4.79. The first-order chi connectivity index (χ1) is 6.86. The van der Waals surface area contributed by atoms with Crippen LogP contribution in [0.25, 0.3) is 0 Å². The monoisotopic (exact) mass is 197 g/mol. The molecule has 2 nitrogen and oxygen atoms in total. The largest absolute Gasteiger partial charge is 0.378 e. The average molecular weight is 197 g/mol. The molecule has 2 fully saturated rings. The van der Waals surface area contributed by atoms with Gasteiger partial charge in [0, 0.05) is 12.6 Å². The molecule has 3 unspecified atom stereocenters. The van der Waals surface area contributed by atoms with Crippen LogP contribution in [0.1, 0.15) is 45.4 Å². The van der Waals surface area contributed by atoms with Crippen LogP contribution >= 0.6 is 0 Å². The summed E-state index contributed by atoms with van der Waals surface area (Å²) in [6.45, 7) is 4.60. The molecule has 0 aromatic rings. The molecule has 0 bridgehead atoms. The average Bonchev–Trinajstić information content (AvgIpc) is 2.69. The lowest BCUT2D eigenvalue weighted by atomic mass is 9.89. The smallest absolute Gasteiger partial charge is 0.0576 e. The van der Waals surface area contributed by atoms with E-state index < -0.39 is 0 Å². The fourth-order valence-electron chi connectivity index (χ4n) is 2.74. The highest BCUT2D eigenvalue weighted by Gasteiger charge is 2.23. The second kappa shape index (κ2) is 5.13. The molecule has 0 aromatic carbocycles. The summed E-state index contributed by atoms with van der Waals surface area (Å²) in [5, 5.41) is 3.64. The molecule has 2 heteroatoms. The van der Waals surface area contributed by atoms with Gasteiger partial charge in [0.15, 0.2) is 0 Å². The van der Waals surface area contributed by atoms with Crippen LogP contribution in [0.2, 0.25) is 0 Å². The Bertz CT molecular complexity index is 166. The molecule has 2 heterocycles. The summed E-state index contributed by atoms with van der Waals surface area (Å²) in [5.74, 6) is 0.866. The van der Waals surface area contributed by atoms with Crippen LogP contribution in [0, 0.1) is 5.92 Å². The zero-order valence-corrected chi connectivity index (χ0v) is 9.30. The van der Waals surface area contributed by atoms with Crippen molar-refractivity contribution in [3.63, 3.8) is 0 Å². The Labute approximate surface area is 87.4 Å². The van der Waals surface area contributed by atoms with Crippen molar-refractivity contribution >= 4 is 0 Å². The van der Waals surface area contributed by atoms with Gasteiger partial charge >= 0.3 is 0 Å². The molecular formula is C12H23NO. The number of hydrogen-bond donors (Lipinski definition) is 1. The summed E-state index contributed by atoms with van der Waals surface area (Å²) in [6.07, 6.45) is 8.49. The van der Waals surface area contributed by atoms with Gasteiger partial charge in [-0.15, -0.1) is 0 Å². The first-order valence-electron chi connectivity index (χ1n) is 6.21. The van der Waals surface area contributed by atoms with Gasteiger partial charge in [-0.3, -0.25) is 0 Å². The Morgan fingerprint density at radius 1 is 1.21 bits per heavy atom. The summed E-state index contributed by atoms with van der Waals surface area (Å²) >= 11 is 0. The minimum absolute atomic E-state index is 0.575. The summed E-state index contributed by atoms with van der Waals surface area (Å²) in [5.41, 5.74) is 0. The first-order valence-corrected chi connectivity index (χ1v) is 6.21. The molecule has 0 aliphatic carbocycles. The fraction of sp³-hybridized carbons (Fsp3) is 1.00. The molecular weight excluding hydrogens is 174 g/mol. The second-order valence-electron chi connectivity index (χ2n) is 4.89. The summed E-state index contributed by atoms with van der Waals surface area (Å²) < 4.78 is 5.65. The van der Waals surface area contributed by atoms with Gasteiger partial charge < -0.3 is 10.1 Å². The normalized spacial score (nSPS) is 38.8. The molecule has 3 atom stereocenters. The van der Waals surface area contributed by atoms with Gasteiger partial charge in [0.25, 0.3) is 0 Å². The lowest BCUT2D eigenvalue weighted by molar-refractivity contribution is 0.0959. The van der Waals surface area contributed by atoms with Crippen LogP contribution in [0.5, 0.6) is 0 Å². The minimum Gasteiger partial charge on any atom is -0.378 e. The lowest BCUT2D eigenvalue weighted by Gasteiger charge is -2.30. The SMILES string of the molecule is CC1CCCNC1CCC1CCCO1. The van der Waals surface area contributed by atoms with Crippen molar-refractivity contribution in [3.8, 4) is 0 Å². The van der Waals surface area contributed by atoms with E-state index in [0.717, 1.165) is 18.6 Å². The van der Waals surface area contributed by atoms with Gasteiger partial charge in [-0.05, 0) is 51.0 Å². The molecule has 0 radical (unpaired) electrons. The van der Waals surface area contributed by atoms with Crippen molar-refractivity contribution in [2.75, 3.05) is 13.2 Å². The number of ether oxygens (including phenoxy) is 1. The van der Waals surface area contributed by atoms with E-state index in [-0.39, 0.29) is 0 Å². The highest BCUT2D eigenvalue weighted by Crippen LogP contribution is 2.23. The van der Waals surface area contributed by atoms with Crippen LogP contribution in [0.15, 0.2) is 0 Å². The molecule has 1 N–H and O–H groups in total. The molecule has 2 saturated heterocycles. The fourth-order valence-corrected chi connectivity index (χ4v) is 2.74. The third kappa shape index (κ3) is 2.71. The lowest BCUT2D eigenvalue weighted by Crippen LogP contribution is -2.40. The van der Waals surface area contributed by atoms with E-state index in [4.69, 9.17) is 4.74 Å². The molecule has 0 aromatic heterocycles. The van der Waals surface area contributed by atoms with Crippen molar-refractivity contribution in [3.05, 3.63) is 0 Å². The zero-order chi connectivity index (χ0) is 9.80. The minimum atomic E-state index is 0.575. The maximum atomic E-state index is 5.65. The van der Waals surface area contributed by atoms with E-state index in [1.54, 1.807) is 0 Å². The third-order valence-corrected chi connectivity index (χ3v) is 3.75. The molecule has 0 saturated carbocycles. The number of piperidine rings is 1. The summed E-state index contributed by atoms with van der Waals surface area (Å²) in [6, 6.07) is 0.757. The van der Waals surface area contributed by atoms with Crippen molar-refractivity contribution in [2.45, 2.75) is 57.6 Å². The van der Waals surface area contributed by atoms with Gasteiger partial charge in [0.1, 0.15) is 0 Å². The Balaban J connectivity index is 1.67. The maximum absolute atomic E-state index is 5.65. The Morgan fingerprint density at radius 3 is 2.86 bits per heavy atom. The van der Waals surface area contributed by atoms with Crippen molar-refractivity contribution in [2.24, 2.45) is 5.92 Å². The van der Waals surface area contributed by atoms with E-state index in [1.165, 1.54) is 45.1 Å². The molecule has 2 aliphatic heterocycles. The molecule has 0 amide bonds. The molecule has 14 heavy (non-hydrogen) atoms. The van der Waals surface area contributed by atoms with Gasteiger partial charge in [0.2, 0.25) is 0 Å². The van der Waals surface area contributed by atoms with E-state index in [1.807, 2.05) is 0 Å². The molecule has 2 rings (SSSR count). The predicted molar refractivity (Wildman–Crippen MR) is 58.4 cm³/mol. The number of rotatable bonds is 3. The van der Waals surface area contributed by atoms with Gasteiger partial charge in [-0.25, -0.2) is 0 Å². The Morgan fingerprint density at radius 2 is 2.14 bits per heavy atom. The first kappa shape index (κ1) is 10.4. The predicted octanol–water partition coefficient (Wildman–Crippen LogP) is 2.33. The molecule has 2 aliphatic rings. The standard InChI is InChI=1S/C12H23NO/c1-10-4-2-8-13-12(10)7-6-11-5-3-9-14-11/h10-13H,2-9H2,1H3. The molecule has 0 spiro atoms. The Hall–Kier alpha value is -0.0800. The van der Waals surface area contributed by atoms with Crippen molar-refractivity contribution < 1.29 is 4.74 Å². The highest BCUT2D eigenvalue weighted by atomic mass is 16.5. The van der Waals surface area contributed by atoms with Crippen molar-refractivity contribution in [1.29, 1.82) is 0 Å². The topological polar surface area (TPSA) is 21.3 Å². The number of hydrogen-bond acceptors (Lipinski definition) is 2. The summed E-state index contributed by atoms with van der Waals surface area (Å²) in [7, 11) is 0. The van der Waals surface area contributed by atoms with E-state index in [2.05, 4.69) is 12.2 Å². The summed E-state index contributed by atoms with van der Waals surface area (Å²) in [4.78, 5) is 0. The van der Waals surface area contributed by atoms with E-state index >= 15 is 0 Å². The maximum Gasteiger partial charge on any atom is 0.0576 e. The van der Waals surface area contributed by atoms with Crippen molar-refractivity contribution in [1.82, 2.24) is 5.32 Å². The van der Waals surface area contributed by atoms with Crippen LogP contribution in [-0.2, 0) is 4.74 Å². The second-order valence-corrected chi connectivity index (χ2v) is 4.89. The van der Waals surface area contributed by atoms with Crippen LogP contribution in [0.3, 0.4) is 0 Å². The Kier molecular flexibility index (Phi) is 3.82. The quantitative estimate of drug-likeness (QED) is 0.750. The molecule has 82 valence electrons. The number of nitrogens with one attached hydrogen (secondary N) is 1. The van der Waals surface area contributed by atoms with Gasteiger partial charge in [0.05, 0.1) is 6.10 Å². The van der Waals surface area contributed by atoms with E-state index in [0.29, 0.717) is 6.10 Å². The third-order valence-electron chi connectivity index (χ3n) is 3.75. The van der Waals surface area contributed by atoms with Crippen LogP contribution in [-0.4, -0.2) is 25.3 Å².